The van der Waals surface area contributed by atoms with Gasteiger partial charge in [0.15, 0.2) is 6.61 Å². The molecule has 0 saturated carbocycles. The molecule has 178 valence electrons. The standard InChI is InChI=1S/C26H23N3O5S/c1-28-25(32)23(24(27)29(26(28)33)14-17-7-3-2-4-8-17)21(30)15-34-22(31)16-35-20-12-11-18-9-5-6-10-19(18)13-20/h2-13H,14-16,27H2,1H3. The van der Waals surface area contributed by atoms with Crippen molar-refractivity contribution in [2.24, 2.45) is 7.05 Å². The fourth-order valence-corrected chi connectivity index (χ4v) is 4.37. The van der Waals surface area contributed by atoms with Crippen LogP contribution in [-0.4, -0.2) is 33.2 Å². The number of hydrogen-bond donors (Lipinski definition) is 1. The molecule has 0 radical (unpaired) electrons. The van der Waals surface area contributed by atoms with Crippen molar-refractivity contribution in [1.82, 2.24) is 9.13 Å². The van der Waals surface area contributed by atoms with Gasteiger partial charge in [0, 0.05) is 11.9 Å². The molecular weight excluding hydrogens is 466 g/mol. The van der Waals surface area contributed by atoms with Gasteiger partial charge < -0.3 is 10.5 Å². The highest BCUT2D eigenvalue weighted by molar-refractivity contribution is 8.00. The smallest absolute Gasteiger partial charge is 0.332 e. The molecule has 0 unspecified atom stereocenters. The Hall–Kier alpha value is -4.11. The summed E-state index contributed by atoms with van der Waals surface area (Å²) in [4.78, 5) is 51.2. The van der Waals surface area contributed by atoms with Crippen molar-refractivity contribution in [3.63, 3.8) is 0 Å². The minimum absolute atomic E-state index is 0.00732. The van der Waals surface area contributed by atoms with Gasteiger partial charge in [0.2, 0.25) is 5.78 Å². The van der Waals surface area contributed by atoms with Crippen LogP contribution in [-0.2, 0) is 23.1 Å². The van der Waals surface area contributed by atoms with E-state index in [1.54, 1.807) is 24.3 Å². The van der Waals surface area contributed by atoms with Gasteiger partial charge in [-0.3, -0.25) is 23.5 Å². The zero-order chi connectivity index (χ0) is 24.9. The van der Waals surface area contributed by atoms with Crippen LogP contribution in [0.3, 0.4) is 0 Å². The first-order valence-corrected chi connectivity index (χ1v) is 11.8. The number of ketones is 1. The Morgan fingerprint density at radius 1 is 0.943 bits per heavy atom. The molecule has 0 bridgehead atoms. The molecule has 1 aromatic heterocycles. The maximum atomic E-state index is 12.8. The van der Waals surface area contributed by atoms with E-state index < -0.39 is 29.6 Å². The number of benzene rings is 3. The van der Waals surface area contributed by atoms with Crippen molar-refractivity contribution in [2.75, 3.05) is 18.1 Å². The molecule has 0 aliphatic heterocycles. The first kappa shape index (κ1) is 24.0. The van der Waals surface area contributed by atoms with E-state index in [-0.39, 0.29) is 23.7 Å². The zero-order valence-corrected chi connectivity index (χ0v) is 19.8. The highest BCUT2D eigenvalue weighted by Crippen LogP contribution is 2.23. The van der Waals surface area contributed by atoms with E-state index in [0.29, 0.717) is 0 Å². The van der Waals surface area contributed by atoms with E-state index in [1.165, 1.54) is 18.8 Å². The molecule has 8 nitrogen and oxygen atoms in total. The highest BCUT2D eigenvalue weighted by atomic mass is 32.2. The second-order valence-electron chi connectivity index (χ2n) is 7.86. The van der Waals surface area contributed by atoms with E-state index in [4.69, 9.17) is 10.5 Å². The molecule has 0 fully saturated rings. The van der Waals surface area contributed by atoms with Crippen molar-refractivity contribution in [2.45, 2.75) is 11.4 Å². The van der Waals surface area contributed by atoms with Gasteiger partial charge in [-0.2, -0.15) is 0 Å². The molecule has 0 amide bonds. The number of rotatable bonds is 8. The van der Waals surface area contributed by atoms with E-state index in [2.05, 4.69) is 0 Å². The number of thioether (sulfide) groups is 1. The number of anilines is 1. The Morgan fingerprint density at radius 2 is 1.63 bits per heavy atom. The van der Waals surface area contributed by atoms with Crippen LogP contribution in [0.5, 0.6) is 0 Å². The lowest BCUT2D eigenvalue weighted by Crippen LogP contribution is -2.43. The number of esters is 1. The number of nitrogens with zero attached hydrogens (tertiary/aromatic N) is 2. The summed E-state index contributed by atoms with van der Waals surface area (Å²) in [7, 11) is 1.27. The van der Waals surface area contributed by atoms with Gasteiger partial charge in [0.25, 0.3) is 5.56 Å². The zero-order valence-electron chi connectivity index (χ0n) is 19.0. The molecule has 0 aliphatic carbocycles. The molecule has 4 aromatic rings. The molecule has 35 heavy (non-hydrogen) atoms. The summed E-state index contributed by atoms with van der Waals surface area (Å²) in [6.45, 7) is -0.567. The van der Waals surface area contributed by atoms with Gasteiger partial charge in [0.1, 0.15) is 11.4 Å². The summed E-state index contributed by atoms with van der Waals surface area (Å²) in [5, 5.41) is 2.15. The Morgan fingerprint density at radius 3 is 2.37 bits per heavy atom. The van der Waals surface area contributed by atoms with Crippen molar-refractivity contribution in [3.05, 3.63) is 105 Å². The molecule has 0 spiro atoms. The van der Waals surface area contributed by atoms with Gasteiger partial charge in [0.05, 0.1) is 12.3 Å². The van der Waals surface area contributed by atoms with E-state index >= 15 is 0 Å². The van der Waals surface area contributed by atoms with E-state index in [9.17, 15) is 19.2 Å². The third-order valence-electron chi connectivity index (χ3n) is 5.49. The van der Waals surface area contributed by atoms with Crippen LogP contribution in [0.25, 0.3) is 10.8 Å². The molecule has 9 heteroatoms. The Labute approximate surface area is 204 Å². The third kappa shape index (κ3) is 5.36. The molecule has 3 aromatic carbocycles. The van der Waals surface area contributed by atoms with Crippen LogP contribution in [0.2, 0.25) is 0 Å². The Bertz CT molecular complexity index is 1530. The predicted molar refractivity (Wildman–Crippen MR) is 136 cm³/mol. The number of aromatic nitrogens is 2. The number of hydrogen-bond acceptors (Lipinski definition) is 7. The molecule has 1 heterocycles. The van der Waals surface area contributed by atoms with Crippen molar-refractivity contribution >= 4 is 40.1 Å². The molecule has 0 atom stereocenters. The van der Waals surface area contributed by atoms with Crippen molar-refractivity contribution in [1.29, 1.82) is 0 Å². The summed E-state index contributed by atoms with van der Waals surface area (Å²) in [5.74, 6) is -1.64. The van der Waals surface area contributed by atoms with Crippen LogP contribution in [0.1, 0.15) is 15.9 Å². The Kier molecular flexibility index (Phi) is 7.17. The second kappa shape index (κ2) is 10.4. The second-order valence-corrected chi connectivity index (χ2v) is 8.91. The fraction of sp³-hybridized carbons (Fsp3) is 0.154. The summed E-state index contributed by atoms with van der Waals surface area (Å²) < 4.78 is 7.08. The quantitative estimate of drug-likeness (QED) is 0.230. The fourth-order valence-electron chi connectivity index (χ4n) is 3.62. The average molecular weight is 490 g/mol. The summed E-state index contributed by atoms with van der Waals surface area (Å²) in [6, 6.07) is 22.8. The van der Waals surface area contributed by atoms with Gasteiger partial charge in [-0.15, -0.1) is 11.8 Å². The Balaban J connectivity index is 1.44. The van der Waals surface area contributed by atoms with Crippen LogP contribution in [0.15, 0.2) is 87.3 Å². The summed E-state index contributed by atoms with van der Waals surface area (Å²) in [5.41, 5.74) is 5.00. The lowest BCUT2D eigenvalue weighted by Gasteiger charge is -2.14. The van der Waals surface area contributed by atoms with Crippen LogP contribution in [0, 0.1) is 0 Å². The normalized spacial score (nSPS) is 10.9. The predicted octanol–water partition coefficient (Wildman–Crippen LogP) is 2.85. The van der Waals surface area contributed by atoms with E-state index in [1.807, 2.05) is 48.5 Å². The number of carbonyl (C=O) groups is 2. The van der Waals surface area contributed by atoms with Crippen LogP contribution in [0.4, 0.5) is 5.82 Å². The summed E-state index contributed by atoms with van der Waals surface area (Å²) >= 11 is 1.28. The molecule has 0 aliphatic rings. The first-order chi connectivity index (χ1) is 16.8. The monoisotopic (exact) mass is 489 g/mol. The first-order valence-electron chi connectivity index (χ1n) is 10.8. The topological polar surface area (TPSA) is 113 Å². The number of ether oxygens (including phenoxy) is 1. The maximum Gasteiger partial charge on any atom is 0.332 e. The number of carbonyl (C=O) groups excluding carboxylic acids is 2. The van der Waals surface area contributed by atoms with Gasteiger partial charge in [-0.25, -0.2) is 4.79 Å². The van der Waals surface area contributed by atoms with Gasteiger partial charge in [-0.05, 0) is 28.5 Å². The summed E-state index contributed by atoms with van der Waals surface area (Å²) in [6.07, 6.45) is 0. The molecular formula is C26H23N3O5S. The highest BCUT2D eigenvalue weighted by Gasteiger charge is 2.22. The lowest BCUT2D eigenvalue weighted by atomic mass is 10.1. The number of fused-ring (bicyclic) bond motifs is 1. The minimum Gasteiger partial charge on any atom is -0.457 e. The van der Waals surface area contributed by atoms with Gasteiger partial charge >= 0.3 is 11.7 Å². The number of nitrogen functional groups attached to an aromatic ring is 1. The third-order valence-corrected chi connectivity index (χ3v) is 6.45. The van der Waals surface area contributed by atoms with Crippen LogP contribution >= 0.6 is 11.8 Å². The van der Waals surface area contributed by atoms with E-state index in [0.717, 1.165) is 30.4 Å². The van der Waals surface area contributed by atoms with Crippen molar-refractivity contribution in [3.8, 4) is 0 Å². The van der Waals surface area contributed by atoms with Crippen molar-refractivity contribution < 1.29 is 14.3 Å². The minimum atomic E-state index is -0.830. The maximum absolute atomic E-state index is 12.8. The van der Waals surface area contributed by atoms with Crippen LogP contribution < -0.4 is 17.0 Å². The average Bonchev–Trinajstić information content (AvgIpc) is 2.88. The number of Topliss-reactive ketones (excluding diaryl/α,β-unsaturated/α-hetero) is 1. The largest absolute Gasteiger partial charge is 0.457 e. The SMILES string of the molecule is Cn1c(=O)c(C(=O)COC(=O)CSc2ccc3ccccc3c2)c(N)n(Cc2ccccc2)c1=O. The van der Waals surface area contributed by atoms with Gasteiger partial charge in [-0.1, -0.05) is 60.7 Å². The lowest BCUT2D eigenvalue weighted by molar-refractivity contribution is -0.139. The molecule has 0 saturated heterocycles. The number of nitrogens with two attached hydrogens (primary N) is 1. The molecule has 2 N–H and O–H groups in total. The molecule has 4 rings (SSSR count).